The molecule has 0 aromatic carbocycles. The Morgan fingerprint density at radius 3 is 2.62 bits per heavy atom. The highest BCUT2D eigenvalue weighted by Gasteiger charge is 2.30. The average Bonchev–Trinajstić information content (AvgIpc) is 2.82. The fraction of sp³-hybridized carbons (Fsp3) is 0.440. The van der Waals surface area contributed by atoms with Crippen LogP contribution in [0.3, 0.4) is 0 Å². The smallest absolute Gasteiger partial charge is 0.329 e. The molecule has 0 saturated carbocycles. The number of fused-ring (bicyclic) bond motifs is 2. The van der Waals surface area contributed by atoms with E-state index in [9.17, 15) is 28.4 Å². The zero-order chi connectivity index (χ0) is 27.5. The summed E-state index contributed by atoms with van der Waals surface area (Å²) in [6.07, 6.45) is 3.89. The summed E-state index contributed by atoms with van der Waals surface area (Å²) in [7, 11) is 0. The van der Waals surface area contributed by atoms with Gasteiger partial charge < -0.3 is 20.7 Å². The highest BCUT2D eigenvalue weighted by molar-refractivity contribution is 8.13. The summed E-state index contributed by atoms with van der Waals surface area (Å²) in [6.45, 7) is 6.20. The number of ether oxygens (including phenoxy) is 1. The Balaban J connectivity index is 2.37. The number of allylic oxidation sites excluding steroid dienone is 2. The minimum absolute atomic E-state index is 0.0229. The molecule has 2 bridgehead atoms. The Labute approximate surface area is 218 Å². The summed E-state index contributed by atoms with van der Waals surface area (Å²) >= 11 is 1.15. The number of amides is 3. The van der Waals surface area contributed by atoms with Gasteiger partial charge in [-0.2, -0.15) is 0 Å². The van der Waals surface area contributed by atoms with Crippen molar-refractivity contribution in [2.45, 2.75) is 59.2 Å². The molecule has 0 radical (unpaired) electrons. The first-order valence-electron chi connectivity index (χ1n) is 11.7. The first-order chi connectivity index (χ1) is 17.5. The first-order valence-corrected chi connectivity index (χ1v) is 12.7. The van der Waals surface area contributed by atoms with E-state index in [-0.39, 0.29) is 41.1 Å². The Morgan fingerprint density at radius 1 is 1.24 bits per heavy atom. The van der Waals surface area contributed by atoms with Gasteiger partial charge in [-0.3, -0.25) is 19.2 Å². The van der Waals surface area contributed by atoms with E-state index in [0.717, 1.165) is 23.9 Å². The molecule has 0 aliphatic carbocycles. The third-order valence-electron chi connectivity index (χ3n) is 5.13. The molecule has 1 aromatic rings. The number of thioether (sulfide) groups is 1. The average molecular weight is 535 g/mol. The van der Waals surface area contributed by atoms with Crippen molar-refractivity contribution in [3.63, 3.8) is 0 Å². The van der Waals surface area contributed by atoms with E-state index in [0.29, 0.717) is 12.2 Å². The maximum absolute atomic E-state index is 14.1. The lowest BCUT2D eigenvalue weighted by atomic mass is 10.0. The van der Waals surface area contributed by atoms with Gasteiger partial charge in [0.1, 0.15) is 29.4 Å². The number of hydrogen-bond acceptors (Lipinski definition) is 8. The first kappa shape index (κ1) is 29.7. The molecule has 3 amide bonds. The molecule has 2 atom stereocenters. The third kappa shape index (κ3) is 9.79. The summed E-state index contributed by atoms with van der Waals surface area (Å²) in [4.78, 5) is 66.3. The van der Waals surface area contributed by atoms with Crippen LogP contribution in [0.25, 0.3) is 0 Å². The fourth-order valence-electron chi connectivity index (χ4n) is 3.25. The Hall–Kier alpha value is -3.54. The van der Waals surface area contributed by atoms with Crippen LogP contribution in [0.2, 0.25) is 0 Å². The van der Waals surface area contributed by atoms with Gasteiger partial charge in [0, 0.05) is 18.7 Å². The standard InChI is InChI=1S/C25H31FN4O6S/c1-5-19-23(33)30-22(14(2)3)25(35)36-18(8-6-7-9-37-15(4)31)12-21(32)27-13-17-10-16(26)11-20(28-17)24(34)29-19/h5-6,8,10-11,14,18,22H,7,9,12-13H2,1-4H3,(H,27,32)(H,29,34)(H,30,33)/b8-6+,19-5-/t18-,22?/m1/s1. The Morgan fingerprint density at radius 2 is 1.97 bits per heavy atom. The maximum Gasteiger partial charge on any atom is 0.329 e. The van der Waals surface area contributed by atoms with Crippen molar-refractivity contribution >= 4 is 40.6 Å². The van der Waals surface area contributed by atoms with E-state index >= 15 is 0 Å². The van der Waals surface area contributed by atoms with Crippen LogP contribution in [0.1, 0.15) is 56.7 Å². The summed E-state index contributed by atoms with van der Waals surface area (Å²) in [5.74, 6) is -3.45. The van der Waals surface area contributed by atoms with Crippen LogP contribution in [-0.2, 0) is 30.5 Å². The predicted molar refractivity (Wildman–Crippen MR) is 135 cm³/mol. The summed E-state index contributed by atoms with van der Waals surface area (Å²) < 4.78 is 19.7. The van der Waals surface area contributed by atoms with Gasteiger partial charge in [-0.25, -0.2) is 14.2 Å². The third-order valence-corrected chi connectivity index (χ3v) is 5.97. The number of aromatic nitrogens is 1. The van der Waals surface area contributed by atoms with E-state index in [4.69, 9.17) is 4.74 Å². The van der Waals surface area contributed by atoms with Gasteiger partial charge in [0.05, 0.1) is 18.7 Å². The molecule has 10 nitrogen and oxygen atoms in total. The SMILES string of the molecule is C/C=C1\NC(=O)c2cc(F)cc(n2)CNC(=O)C[C@@H](/C=C/CCSC(C)=O)OC(=O)C(C(C)C)NC1=O. The summed E-state index contributed by atoms with van der Waals surface area (Å²) in [5.41, 5.74) is -0.356. The molecule has 0 saturated heterocycles. The molecule has 2 rings (SSSR count). The topological polar surface area (TPSA) is 144 Å². The number of halogens is 1. The number of carbonyl (C=O) groups excluding carboxylic acids is 5. The van der Waals surface area contributed by atoms with Crippen LogP contribution in [0.15, 0.2) is 36.1 Å². The van der Waals surface area contributed by atoms with Crippen LogP contribution in [0.4, 0.5) is 4.39 Å². The Kier molecular flexibility index (Phi) is 11.4. The fourth-order valence-corrected chi connectivity index (χ4v) is 3.80. The minimum Gasteiger partial charge on any atom is -0.456 e. The number of pyridine rings is 1. The van der Waals surface area contributed by atoms with Crippen molar-refractivity contribution in [1.29, 1.82) is 0 Å². The van der Waals surface area contributed by atoms with Crippen molar-refractivity contribution in [3.8, 4) is 0 Å². The monoisotopic (exact) mass is 534 g/mol. The zero-order valence-corrected chi connectivity index (χ0v) is 21.9. The molecule has 37 heavy (non-hydrogen) atoms. The lowest BCUT2D eigenvalue weighted by molar-refractivity contribution is -0.153. The molecular formula is C25H31FN4O6S. The molecule has 0 spiro atoms. The van der Waals surface area contributed by atoms with E-state index in [1.165, 1.54) is 19.9 Å². The number of nitrogens with zero attached hydrogens (tertiary/aromatic N) is 1. The van der Waals surface area contributed by atoms with Crippen molar-refractivity contribution in [2.24, 2.45) is 5.92 Å². The summed E-state index contributed by atoms with van der Waals surface area (Å²) in [5, 5.41) is 7.49. The van der Waals surface area contributed by atoms with Crippen LogP contribution in [0, 0.1) is 11.7 Å². The van der Waals surface area contributed by atoms with Gasteiger partial charge in [0.15, 0.2) is 5.12 Å². The molecule has 1 aliphatic heterocycles. The van der Waals surface area contributed by atoms with Crippen LogP contribution in [-0.4, -0.2) is 51.7 Å². The molecule has 1 aromatic heterocycles. The second kappa shape index (κ2) is 14.3. The van der Waals surface area contributed by atoms with Crippen molar-refractivity contribution in [1.82, 2.24) is 20.9 Å². The van der Waals surface area contributed by atoms with Crippen LogP contribution >= 0.6 is 11.8 Å². The highest BCUT2D eigenvalue weighted by Crippen LogP contribution is 2.13. The minimum atomic E-state index is -1.08. The molecular weight excluding hydrogens is 503 g/mol. The molecule has 1 unspecified atom stereocenters. The maximum atomic E-state index is 14.1. The van der Waals surface area contributed by atoms with Crippen LogP contribution < -0.4 is 16.0 Å². The molecule has 1 aliphatic rings. The molecule has 200 valence electrons. The largest absolute Gasteiger partial charge is 0.456 e. The van der Waals surface area contributed by atoms with E-state index < -0.39 is 41.7 Å². The molecule has 3 N–H and O–H groups in total. The van der Waals surface area contributed by atoms with Gasteiger partial charge in [0.2, 0.25) is 5.91 Å². The number of carbonyl (C=O) groups is 5. The number of rotatable bonds is 5. The van der Waals surface area contributed by atoms with E-state index in [2.05, 4.69) is 20.9 Å². The number of cyclic esters (lactones) is 1. The normalized spacial score (nSPS) is 21.0. The molecule has 2 heterocycles. The number of hydrogen-bond donors (Lipinski definition) is 3. The lowest BCUT2D eigenvalue weighted by Crippen LogP contribution is -2.48. The van der Waals surface area contributed by atoms with E-state index in [1.807, 2.05) is 0 Å². The van der Waals surface area contributed by atoms with Gasteiger partial charge in [-0.1, -0.05) is 37.8 Å². The molecule has 0 fully saturated rings. The quantitative estimate of drug-likeness (QED) is 0.226. The predicted octanol–water partition coefficient (Wildman–Crippen LogP) is 2.15. The number of nitrogens with one attached hydrogen (secondary N) is 3. The molecule has 12 heteroatoms. The Bertz CT molecular complexity index is 1100. The van der Waals surface area contributed by atoms with Crippen LogP contribution in [0.5, 0.6) is 0 Å². The second-order valence-electron chi connectivity index (χ2n) is 8.53. The lowest BCUT2D eigenvalue weighted by Gasteiger charge is -2.24. The van der Waals surface area contributed by atoms with Crippen molar-refractivity contribution < 1.29 is 33.1 Å². The highest BCUT2D eigenvalue weighted by atomic mass is 32.2. The van der Waals surface area contributed by atoms with Crippen molar-refractivity contribution in [2.75, 3.05) is 5.75 Å². The number of esters is 1. The second-order valence-corrected chi connectivity index (χ2v) is 9.80. The van der Waals surface area contributed by atoms with Gasteiger partial charge in [0.25, 0.3) is 11.8 Å². The van der Waals surface area contributed by atoms with E-state index in [1.54, 1.807) is 26.0 Å². The zero-order valence-electron chi connectivity index (χ0n) is 21.1. The van der Waals surface area contributed by atoms with Gasteiger partial charge >= 0.3 is 5.97 Å². The van der Waals surface area contributed by atoms with Gasteiger partial charge in [-0.15, -0.1) is 0 Å². The van der Waals surface area contributed by atoms with Crippen molar-refractivity contribution in [3.05, 3.63) is 53.3 Å². The van der Waals surface area contributed by atoms with Gasteiger partial charge in [-0.05, 0) is 31.4 Å². The summed E-state index contributed by atoms with van der Waals surface area (Å²) in [6, 6.07) is 0.897.